The van der Waals surface area contributed by atoms with Gasteiger partial charge in [0.2, 0.25) is 0 Å². The molecule has 0 spiro atoms. The van der Waals surface area contributed by atoms with Gasteiger partial charge in [-0.2, -0.15) is 0 Å². The summed E-state index contributed by atoms with van der Waals surface area (Å²) in [5.41, 5.74) is 1.26. The van der Waals surface area contributed by atoms with Crippen LogP contribution >= 0.6 is 15.9 Å². The number of hydrogen-bond donors (Lipinski definition) is 3. The Bertz CT molecular complexity index is 728. The molecule has 0 bridgehead atoms. The molecule has 0 amide bonds. The summed E-state index contributed by atoms with van der Waals surface area (Å²) < 4.78 is 32.9. The van der Waals surface area contributed by atoms with Gasteiger partial charge in [-0.05, 0) is 47.2 Å². The number of aromatic amines is 1. The van der Waals surface area contributed by atoms with E-state index in [0.29, 0.717) is 22.5 Å². The van der Waals surface area contributed by atoms with Gasteiger partial charge in [0.1, 0.15) is 10.6 Å². The first kappa shape index (κ1) is 15.9. The molecule has 0 fully saturated rings. The first-order chi connectivity index (χ1) is 9.96. The highest BCUT2D eigenvalue weighted by Gasteiger charge is 2.16. The van der Waals surface area contributed by atoms with Crippen molar-refractivity contribution in [1.29, 1.82) is 0 Å². The summed E-state index contributed by atoms with van der Waals surface area (Å²) in [6.07, 6.45) is 1.47. The van der Waals surface area contributed by atoms with Crippen molar-refractivity contribution >= 4 is 31.6 Å². The second-order valence-electron chi connectivity index (χ2n) is 4.35. The van der Waals surface area contributed by atoms with Gasteiger partial charge in [0, 0.05) is 18.4 Å². The minimum Gasteiger partial charge on any atom is -0.496 e. The molecule has 0 atom stereocenters. The van der Waals surface area contributed by atoms with Crippen molar-refractivity contribution in [3.63, 3.8) is 0 Å². The Balaban J connectivity index is 2.22. The van der Waals surface area contributed by atoms with Gasteiger partial charge in [0.05, 0.1) is 17.3 Å². The van der Waals surface area contributed by atoms with E-state index in [1.165, 1.54) is 6.20 Å². The Morgan fingerprint density at radius 1 is 1.33 bits per heavy atom. The number of hydrogen-bond acceptors (Lipinski definition) is 4. The first-order valence-corrected chi connectivity index (χ1v) is 8.42. The third kappa shape index (κ3) is 3.78. The molecule has 6 nitrogen and oxygen atoms in total. The monoisotopic (exact) mass is 373 g/mol. The maximum absolute atomic E-state index is 12.3. The molecule has 0 aliphatic carbocycles. The van der Waals surface area contributed by atoms with Gasteiger partial charge < -0.3 is 15.0 Å². The van der Waals surface area contributed by atoms with E-state index in [1.54, 1.807) is 38.4 Å². The van der Waals surface area contributed by atoms with Crippen molar-refractivity contribution < 1.29 is 13.2 Å². The lowest BCUT2D eigenvalue weighted by atomic mass is 10.3. The lowest BCUT2D eigenvalue weighted by molar-refractivity contribution is 0.412. The van der Waals surface area contributed by atoms with Crippen LogP contribution in [-0.2, 0) is 16.6 Å². The summed E-state index contributed by atoms with van der Waals surface area (Å²) in [5, 5.41) is 2.95. The fourth-order valence-electron chi connectivity index (χ4n) is 1.81. The number of ether oxygens (including phenoxy) is 1. The van der Waals surface area contributed by atoms with Crippen LogP contribution in [0.4, 0.5) is 5.69 Å². The average Bonchev–Trinajstić information content (AvgIpc) is 2.88. The van der Waals surface area contributed by atoms with Gasteiger partial charge in [-0.15, -0.1) is 0 Å². The van der Waals surface area contributed by atoms with E-state index in [9.17, 15) is 8.42 Å². The molecule has 0 saturated heterocycles. The topological polar surface area (TPSA) is 83.2 Å². The van der Waals surface area contributed by atoms with Crippen molar-refractivity contribution in [2.75, 3.05) is 18.9 Å². The molecule has 0 unspecified atom stereocenters. The Hall–Kier alpha value is -1.51. The maximum atomic E-state index is 12.3. The van der Waals surface area contributed by atoms with Crippen molar-refractivity contribution in [2.24, 2.45) is 0 Å². The van der Waals surface area contributed by atoms with Crippen molar-refractivity contribution in [3.8, 4) is 5.75 Å². The van der Waals surface area contributed by atoms with Gasteiger partial charge >= 0.3 is 0 Å². The summed E-state index contributed by atoms with van der Waals surface area (Å²) in [6, 6.07) is 6.57. The van der Waals surface area contributed by atoms with Crippen LogP contribution in [0.5, 0.6) is 5.75 Å². The number of benzene rings is 1. The summed E-state index contributed by atoms with van der Waals surface area (Å²) in [4.78, 5) is 3.11. The summed E-state index contributed by atoms with van der Waals surface area (Å²) >= 11 is 3.32. The van der Waals surface area contributed by atoms with Gasteiger partial charge in [0.15, 0.2) is 0 Å². The predicted octanol–water partition coefficient (Wildman–Crippen LogP) is 2.31. The van der Waals surface area contributed by atoms with Crippen LogP contribution in [0.3, 0.4) is 0 Å². The van der Waals surface area contributed by atoms with E-state index in [1.807, 2.05) is 0 Å². The highest BCUT2D eigenvalue weighted by molar-refractivity contribution is 9.10. The third-order valence-electron chi connectivity index (χ3n) is 2.80. The Labute approximate surface area is 132 Å². The standard InChI is InChI=1S/C13H16BrN3O3S/c1-15-7-10-5-11(8-16-10)21(18,19)17-9-3-4-13(20-2)12(14)6-9/h3-6,8,15-17H,7H2,1-2H3. The quantitative estimate of drug-likeness (QED) is 0.725. The van der Waals surface area contributed by atoms with E-state index in [-0.39, 0.29) is 4.90 Å². The van der Waals surface area contributed by atoms with Crippen molar-refractivity contribution in [1.82, 2.24) is 10.3 Å². The lowest BCUT2D eigenvalue weighted by Crippen LogP contribution is -2.12. The fraction of sp³-hybridized carbons (Fsp3) is 0.231. The van der Waals surface area contributed by atoms with Gasteiger partial charge in [-0.1, -0.05) is 0 Å². The van der Waals surface area contributed by atoms with E-state index < -0.39 is 10.0 Å². The van der Waals surface area contributed by atoms with Crippen LogP contribution in [-0.4, -0.2) is 27.6 Å². The summed E-state index contributed by atoms with van der Waals surface area (Å²) in [5.74, 6) is 0.635. The number of rotatable bonds is 6. The van der Waals surface area contributed by atoms with Crippen molar-refractivity contribution in [2.45, 2.75) is 11.4 Å². The number of H-pyrrole nitrogens is 1. The molecule has 114 valence electrons. The Morgan fingerprint density at radius 3 is 2.71 bits per heavy atom. The molecule has 2 rings (SSSR count). The van der Waals surface area contributed by atoms with Crippen LogP contribution in [0.1, 0.15) is 5.69 Å². The number of nitrogens with one attached hydrogen (secondary N) is 3. The van der Waals surface area contributed by atoms with E-state index in [4.69, 9.17) is 4.74 Å². The minimum absolute atomic E-state index is 0.194. The highest BCUT2D eigenvalue weighted by atomic mass is 79.9. The molecule has 21 heavy (non-hydrogen) atoms. The van der Waals surface area contributed by atoms with E-state index in [2.05, 4.69) is 31.0 Å². The molecule has 0 aliphatic heterocycles. The van der Waals surface area contributed by atoms with E-state index >= 15 is 0 Å². The minimum atomic E-state index is -3.62. The van der Waals surface area contributed by atoms with Crippen LogP contribution in [0.25, 0.3) is 0 Å². The maximum Gasteiger partial charge on any atom is 0.263 e. The zero-order chi connectivity index (χ0) is 15.5. The van der Waals surface area contributed by atoms with Crippen LogP contribution in [0.15, 0.2) is 39.8 Å². The third-order valence-corrected chi connectivity index (χ3v) is 4.78. The number of anilines is 1. The molecular weight excluding hydrogens is 358 g/mol. The molecule has 1 aromatic heterocycles. The Morgan fingerprint density at radius 2 is 2.10 bits per heavy atom. The van der Waals surface area contributed by atoms with Gasteiger partial charge in [-0.25, -0.2) is 8.42 Å². The lowest BCUT2D eigenvalue weighted by Gasteiger charge is -2.09. The van der Waals surface area contributed by atoms with Gasteiger partial charge in [-0.3, -0.25) is 4.72 Å². The Kier molecular flexibility index (Phi) is 4.92. The van der Waals surface area contributed by atoms with E-state index in [0.717, 1.165) is 5.69 Å². The molecule has 3 N–H and O–H groups in total. The normalized spacial score (nSPS) is 11.4. The van der Waals surface area contributed by atoms with Crippen LogP contribution in [0, 0.1) is 0 Å². The van der Waals surface area contributed by atoms with Crippen LogP contribution in [0.2, 0.25) is 0 Å². The second-order valence-corrected chi connectivity index (χ2v) is 6.88. The molecule has 0 radical (unpaired) electrons. The second kappa shape index (κ2) is 6.50. The molecular formula is C13H16BrN3O3S. The molecule has 0 aliphatic rings. The number of methoxy groups -OCH3 is 1. The fourth-order valence-corrected chi connectivity index (χ4v) is 3.42. The molecule has 2 aromatic rings. The number of sulfonamides is 1. The molecule has 1 aromatic carbocycles. The SMILES string of the molecule is CNCc1cc(S(=O)(=O)Nc2ccc(OC)c(Br)c2)c[nH]1. The zero-order valence-corrected chi connectivity index (χ0v) is 14.0. The number of aromatic nitrogens is 1. The number of halogens is 1. The first-order valence-electron chi connectivity index (χ1n) is 6.14. The molecule has 0 saturated carbocycles. The summed E-state index contributed by atoms with van der Waals surface area (Å²) in [7, 11) is -0.275. The smallest absolute Gasteiger partial charge is 0.263 e. The zero-order valence-electron chi connectivity index (χ0n) is 11.6. The largest absolute Gasteiger partial charge is 0.496 e. The van der Waals surface area contributed by atoms with Crippen molar-refractivity contribution in [3.05, 3.63) is 40.6 Å². The molecule has 8 heteroatoms. The highest BCUT2D eigenvalue weighted by Crippen LogP contribution is 2.28. The van der Waals surface area contributed by atoms with Gasteiger partial charge in [0.25, 0.3) is 10.0 Å². The average molecular weight is 374 g/mol. The predicted molar refractivity (Wildman–Crippen MR) is 85.1 cm³/mol. The van der Waals surface area contributed by atoms with Crippen LogP contribution < -0.4 is 14.8 Å². The molecule has 1 heterocycles. The summed E-state index contributed by atoms with van der Waals surface area (Å²) in [6.45, 7) is 0.573.